The van der Waals surface area contributed by atoms with Gasteiger partial charge in [-0.3, -0.25) is 0 Å². The molecule has 2 rings (SSSR count). The molecule has 0 spiro atoms. The first-order valence-corrected chi connectivity index (χ1v) is 5.83. The molecule has 2 aromatic rings. The molecule has 96 valence electrons. The van der Waals surface area contributed by atoms with Gasteiger partial charge >= 0.3 is 0 Å². The molecule has 0 bridgehead atoms. The second-order valence-electron chi connectivity index (χ2n) is 4.70. The lowest BCUT2D eigenvalue weighted by Crippen LogP contribution is -2.21. The first-order chi connectivity index (χ1) is 8.55. The lowest BCUT2D eigenvalue weighted by Gasteiger charge is -2.20. The van der Waals surface area contributed by atoms with Crippen LogP contribution >= 0.6 is 0 Å². The number of rotatable bonds is 4. The van der Waals surface area contributed by atoms with Gasteiger partial charge in [0.25, 0.3) is 5.89 Å². The molecule has 18 heavy (non-hydrogen) atoms. The van der Waals surface area contributed by atoms with Gasteiger partial charge < -0.3 is 15.4 Å². The Balaban J connectivity index is 2.33. The Morgan fingerprint density at radius 1 is 1.33 bits per heavy atom. The Labute approximate surface area is 106 Å². The van der Waals surface area contributed by atoms with Crippen LogP contribution in [0.25, 0.3) is 0 Å². The van der Waals surface area contributed by atoms with E-state index in [9.17, 15) is 5.11 Å². The quantitative estimate of drug-likeness (QED) is 0.852. The fraction of sp³-hybridized carbons (Fsp3) is 0.385. The normalized spacial score (nSPS) is 13.6. The summed E-state index contributed by atoms with van der Waals surface area (Å²) in [5.41, 5.74) is 6.06. The van der Waals surface area contributed by atoms with Crippen molar-refractivity contribution in [2.75, 3.05) is 6.54 Å². The van der Waals surface area contributed by atoms with Crippen LogP contribution in [-0.4, -0.2) is 21.8 Å². The third-order valence-electron chi connectivity index (χ3n) is 3.00. The molecular weight excluding hydrogens is 230 g/mol. The highest BCUT2D eigenvalue weighted by molar-refractivity contribution is 5.30. The van der Waals surface area contributed by atoms with Crippen molar-refractivity contribution in [2.24, 2.45) is 5.73 Å². The second-order valence-corrected chi connectivity index (χ2v) is 4.70. The molecule has 1 aromatic heterocycles. The van der Waals surface area contributed by atoms with Crippen molar-refractivity contribution in [3.8, 4) is 0 Å². The smallest absolute Gasteiger partial charge is 0.256 e. The summed E-state index contributed by atoms with van der Waals surface area (Å²) >= 11 is 0. The minimum Gasteiger partial charge on any atom is -0.382 e. The van der Waals surface area contributed by atoms with Crippen LogP contribution in [0.3, 0.4) is 0 Å². The van der Waals surface area contributed by atoms with Crippen LogP contribution in [-0.2, 0) is 5.41 Å². The van der Waals surface area contributed by atoms with Crippen LogP contribution in [0, 0.1) is 0 Å². The third-order valence-corrected chi connectivity index (χ3v) is 3.00. The number of aromatic nitrogens is 2. The van der Waals surface area contributed by atoms with Gasteiger partial charge in [-0.25, -0.2) is 0 Å². The van der Waals surface area contributed by atoms with Crippen LogP contribution < -0.4 is 5.73 Å². The minimum absolute atomic E-state index is 0.0629. The van der Waals surface area contributed by atoms with E-state index in [1.807, 2.05) is 44.2 Å². The summed E-state index contributed by atoms with van der Waals surface area (Å²) in [6, 6.07) is 9.91. The highest BCUT2D eigenvalue weighted by Gasteiger charge is 2.29. The standard InChI is InChI=1S/C13H17N3O2/c1-13(2,9-6-4-3-5-7-9)12-15-11(18-16-12)10(17)8-14/h3-7,10,17H,8,14H2,1-2H3/t10-/m0/s1. The lowest BCUT2D eigenvalue weighted by molar-refractivity contribution is 0.141. The molecule has 0 saturated carbocycles. The van der Waals surface area contributed by atoms with Gasteiger partial charge in [0.2, 0.25) is 0 Å². The Kier molecular flexibility index (Phi) is 3.45. The van der Waals surface area contributed by atoms with Crippen LogP contribution in [0.2, 0.25) is 0 Å². The van der Waals surface area contributed by atoms with Crippen molar-refractivity contribution in [3.63, 3.8) is 0 Å². The van der Waals surface area contributed by atoms with E-state index in [1.54, 1.807) is 0 Å². The molecule has 0 aliphatic carbocycles. The summed E-state index contributed by atoms with van der Waals surface area (Å²) in [7, 11) is 0. The van der Waals surface area contributed by atoms with E-state index in [1.165, 1.54) is 0 Å². The maximum absolute atomic E-state index is 9.56. The summed E-state index contributed by atoms with van der Waals surface area (Å²) in [6.07, 6.45) is -0.905. The van der Waals surface area contributed by atoms with E-state index in [2.05, 4.69) is 10.1 Å². The summed E-state index contributed by atoms with van der Waals surface area (Å²) in [5, 5.41) is 13.5. The minimum atomic E-state index is -0.905. The number of nitrogens with two attached hydrogens (primary N) is 1. The van der Waals surface area contributed by atoms with Crippen LogP contribution in [0.5, 0.6) is 0 Å². The van der Waals surface area contributed by atoms with Crippen molar-refractivity contribution < 1.29 is 9.63 Å². The molecule has 1 heterocycles. The van der Waals surface area contributed by atoms with E-state index in [0.29, 0.717) is 5.82 Å². The molecule has 0 fully saturated rings. The Hall–Kier alpha value is -1.72. The average molecular weight is 247 g/mol. The second kappa shape index (κ2) is 4.88. The highest BCUT2D eigenvalue weighted by atomic mass is 16.5. The Morgan fingerprint density at radius 3 is 2.61 bits per heavy atom. The van der Waals surface area contributed by atoms with E-state index in [-0.39, 0.29) is 17.9 Å². The van der Waals surface area contributed by atoms with Crippen LogP contribution in [0.15, 0.2) is 34.9 Å². The van der Waals surface area contributed by atoms with Gasteiger partial charge in [0, 0.05) is 6.54 Å². The Bertz CT molecular complexity index is 508. The van der Waals surface area contributed by atoms with Gasteiger partial charge in [-0.1, -0.05) is 35.5 Å². The molecular formula is C13H17N3O2. The SMILES string of the molecule is CC(C)(c1ccccc1)c1noc([C@@H](O)CN)n1. The predicted molar refractivity (Wildman–Crippen MR) is 66.9 cm³/mol. The molecule has 1 atom stereocenters. The topological polar surface area (TPSA) is 85.2 Å². The number of aliphatic hydroxyl groups is 1. The highest BCUT2D eigenvalue weighted by Crippen LogP contribution is 2.29. The fourth-order valence-corrected chi connectivity index (χ4v) is 1.71. The van der Waals surface area contributed by atoms with Crippen molar-refractivity contribution in [1.29, 1.82) is 0 Å². The van der Waals surface area contributed by atoms with Gasteiger partial charge in [-0.2, -0.15) is 4.98 Å². The summed E-state index contributed by atoms with van der Waals surface area (Å²) in [6.45, 7) is 4.07. The number of aliphatic hydroxyl groups excluding tert-OH is 1. The van der Waals surface area contributed by atoms with Crippen molar-refractivity contribution in [3.05, 3.63) is 47.6 Å². The van der Waals surface area contributed by atoms with Gasteiger partial charge in [0.15, 0.2) is 5.82 Å². The van der Waals surface area contributed by atoms with E-state index in [0.717, 1.165) is 5.56 Å². The molecule has 3 N–H and O–H groups in total. The number of hydrogen-bond donors (Lipinski definition) is 2. The zero-order valence-electron chi connectivity index (χ0n) is 10.5. The van der Waals surface area contributed by atoms with Crippen LogP contribution in [0.1, 0.15) is 37.2 Å². The zero-order chi connectivity index (χ0) is 13.2. The average Bonchev–Trinajstić information content (AvgIpc) is 2.89. The molecule has 5 nitrogen and oxygen atoms in total. The summed E-state index contributed by atoms with van der Waals surface area (Å²) in [4.78, 5) is 4.22. The molecule has 0 radical (unpaired) electrons. The molecule has 0 saturated heterocycles. The summed E-state index contributed by atoms with van der Waals surface area (Å²) < 4.78 is 5.03. The Morgan fingerprint density at radius 2 is 2.00 bits per heavy atom. The molecule has 0 amide bonds. The van der Waals surface area contributed by atoms with Crippen molar-refractivity contribution in [2.45, 2.75) is 25.4 Å². The lowest BCUT2D eigenvalue weighted by atomic mass is 9.84. The molecule has 0 aliphatic rings. The monoisotopic (exact) mass is 247 g/mol. The molecule has 0 unspecified atom stereocenters. The largest absolute Gasteiger partial charge is 0.382 e. The third kappa shape index (κ3) is 2.27. The van der Waals surface area contributed by atoms with Gasteiger partial charge in [-0.05, 0) is 19.4 Å². The first-order valence-electron chi connectivity index (χ1n) is 5.83. The maximum Gasteiger partial charge on any atom is 0.256 e. The van der Waals surface area contributed by atoms with Crippen molar-refractivity contribution in [1.82, 2.24) is 10.1 Å². The molecule has 1 aromatic carbocycles. The van der Waals surface area contributed by atoms with E-state index < -0.39 is 6.10 Å². The van der Waals surface area contributed by atoms with Crippen LogP contribution in [0.4, 0.5) is 0 Å². The fourth-order valence-electron chi connectivity index (χ4n) is 1.71. The summed E-state index contributed by atoms with van der Waals surface area (Å²) in [5.74, 6) is 0.702. The van der Waals surface area contributed by atoms with Gasteiger partial charge in [-0.15, -0.1) is 0 Å². The maximum atomic E-state index is 9.56. The number of nitrogens with zero attached hydrogens (tertiary/aromatic N) is 2. The van der Waals surface area contributed by atoms with E-state index in [4.69, 9.17) is 10.3 Å². The zero-order valence-corrected chi connectivity index (χ0v) is 10.5. The van der Waals surface area contributed by atoms with Gasteiger partial charge in [0.05, 0.1) is 5.41 Å². The first kappa shape index (κ1) is 12.7. The number of hydrogen-bond acceptors (Lipinski definition) is 5. The molecule has 0 aliphatic heterocycles. The van der Waals surface area contributed by atoms with Crippen molar-refractivity contribution >= 4 is 0 Å². The predicted octanol–water partition coefficient (Wildman–Crippen LogP) is 1.39. The van der Waals surface area contributed by atoms with Gasteiger partial charge in [0.1, 0.15) is 6.10 Å². The van der Waals surface area contributed by atoms with E-state index >= 15 is 0 Å². The molecule has 5 heteroatoms. The number of benzene rings is 1.